The first kappa shape index (κ1) is 15.4. The number of para-hydroxylation sites is 1. The van der Waals surface area contributed by atoms with Crippen LogP contribution in [-0.2, 0) is 0 Å². The Morgan fingerprint density at radius 2 is 1.96 bits per heavy atom. The van der Waals surface area contributed by atoms with Crippen molar-refractivity contribution in [3.8, 4) is 28.9 Å². The largest absolute Gasteiger partial charge is 0.504 e. The number of nitrogens with zero attached hydrogens (tertiary/aromatic N) is 2. The molecule has 5 heteroatoms. The van der Waals surface area contributed by atoms with E-state index in [1.165, 1.54) is 13.3 Å². The van der Waals surface area contributed by atoms with Gasteiger partial charge in [0.1, 0.15) is 17.4 Å². The summed E-state index contributed by atoms with van der Waals surface area (Å²) in [7, 11) is 1.47. The summed E-state index contributed by atoms with van der Waals surface area (Å²) >= 11 is 0. The van der Waals surface area contributed by atoms with Crippen molar-refractivity contribution < 1.29 is 14.3 Å². The summed E-state index contributed by atoms with van der Waals surface area (Å²) < 4.78 is 10.7. The first-order chi connectivity index (χ1) is 11.7. The van der Waals surface area contributed by atoms with Gasteiger partial charge in [-0.3, -0.25) is 0 Å². The third kappa shape index (κ3) is 2.99. The first-order valence-corrected chi connectivity index (χ1v) is 7.22. The van der Waals surface area contributed by atoms with Crippen molar-refractivity contribution in [2.24, 2.45) is 4.99 Å². The number of methoxy groups -OCH3 is 1. The van der Waals surface area contributed by atoms with Gasteiger partial charge in [0, 0.05) is 23.4 Å². The maximum absolute atomic E-state index is 10.1. The lowest BCUT2D eigenvalue weighted by molar-refractivity contribution is 0.373. The Hall–Kier alpha value is -3.52. The highest BCUT2D eigenvalue weighted by molar-refractivity contribution is 5.86. The highest BCUT2D eigenvalue weighted by atomic mass is 16.5. The Bertz CT molecular complexity index is 922. The summed E-state index contributed by atoms with van der Waals surface area (Å²) in [5, 5.41) is 19.3. The molecule has 0 aliphatic heterocycles. The summed E-state index contributed by atoms with van der Waals surface area (Å²) in [4.78, 5) is 4.20. The fourth-order valence-corrected chi connectivity index (χ4v) is 2.24. The van der Waals surface area contributed by atoms with Gasteiger partial charge in [0.25, 0.3) is 0 Å². The zero-order chi connectivity index (χ0) is 16.9. The van der Waals surface area contributed by atoms with Gasteiger partial charge in [-0.15, -0.1) is 0 Å². The minimum atomic E-state index is -0.0166. The van der Waals surface area contributed by atoms with Crippen molar-refractivity contribution >= 4 is 12.1 Å². The molecule has 0 saturated heterocycles. The molecule has 0 aliphatic rings. The summed E-state index contributed by atoms with van der Waals surface area (Å²) in [6, 6.07) is 18.3. The van der Waals surface area contributed by atoms with Crippen molar-refractivity contribution in [1.82, 2.24) is 0 Å². The number of ether oxygens (including phenoxy) is 1. The molecular weight excluding hydrogens is 304 g/mol. The number of hydrogen-bond donors (Lipinski definition) is 1. The molecule has 0 aliphatic carbocycles. The second kappa shape index (κ2) is 6.71. The van der Waals surface area contributed by atoms with Gasteiger partial charge < -0.3 is 14.3 Å². The predicted molar refractivity (Wildman–Crippen MR) is 90.8 cm³/mol. The lowest BCUT2D eigenvalue weighted by Crippen LogP contribution is -1.88. The van der Waals surface area contributed by atoms with Crippen LogP contribution in [0.15, 0.2) is 64.0 Å². The molecule has 0 bridgehead atoms. The Balaban J connectivity index is 1.96. The predicted octanol–water partition coefficient (Wildman–Crippen LogP) is 4.28. The number of phenolic OH excluding ortho intramolecular Hbond substituents is 1. The molecule has 0 saturated carbocycles. The third-order valence-electron chi connectivity index (χ3n) is 3.46. The number of nitriles is 1. The molecule has 3 aromatic rings. The van der Waals surface area contributed by atoms with E-state index in [9.17, 15) is 10.4 Å². The third-order valence-corrected chi connectivity index (χ3v) is 3.46. The van der Waals surface area contributed by atoms with Gasteiger partial charge in [-0.2, -0.15) is 5.26 Å². The highest BCUT2D eigenvalue weighted by Crippen LogP contribution is 2.32. The fraction of sp³-hybridized carbons (Fsp3) is 0.0526. The van der Waals surface area contributed by atoms with Gasteiger partial charge >= 0.3 is 0 Å². The number of rotatable bonds is 4. The second-order valence-electron chi connectivity index (χ2n) is 4.96. The van der Waals surface area contributed by atoms with Crippen LogP contribution >= 0.6 is 0 Å². The number of benzene rings is 2. The van der Waals surface area contributed by atoms with E-state index in [0.29, 0.717) is 22.6 Å². The van der Waals surface area contributed by atoms with E-state index in [2.05, 4.69) is 11.1 Å². The molecule has 0 unspecified atom stereocenters. The quantitative estimate of drug-likeness (QED) is 0.728. The first-order valence-electron chi connectivity index (χ1n) is 7.22. The molecule has 0 spiro atoms. The Morgan fingerprint density at radius 3 is 2.67 bits per heavy atom. The van der Waals surface area contributed by atoms with E-state index in [0.717, 1.165) is 5.56 Å². The zero-order valence-corrected chi connectivity index (χ0v) is 12.9. The highest BCUT2D eigenvalue weighted by Gasteiger charge is 2.12. The van der Waals surface area contributed by atoms with Crippen LogP contribution in [0, 0.1) is 11.3 Å². The molecule has 0 fully saturated rings. The molecular formula is C19H14N2O3. The van der Waals surface area contributed by atoms with Crippen LogP contribution in [0.2, 0.25) is 0 Å². The van der Waals surface area contributed by atoms with Crippen molar-refractivity contribution in [1.29, 1.82) is 5.26 Å². The Kier molecular flexibility index (Phi) is 4.30. The average molecular weight is 318 g/mol. The van der Waals surface area contributed by atoms with Crippen LogP contribution in [0.25, 0.3) is 11.3 Å². The number of aromatic hydroxyl groups is 1. The van der Waals surface area contributed by atoms with E-state index >= 15 is 0 Å². The minimum absolute atomic E-state index is 0.0166. The molecule has 1 heterocycles. The van der Waals surface area contributed by atoms with Crippen LogP contribution in [0.5, 0.6) is 11.5 Å². The molecule has 5 nitrogen and oxygen atoms in total. The van der Waals surface area contributed by atoms with Crippen LogP contribution in [0.3, 0.4) is 0 Å². The van der Waals surface area contributed by atoms with E-state index < -0.39 is 0 Å². The van der Waals surface area contributed by atoms with Crippen LogP contribution < -0.4 is 4.74 Å². The standard InChI is InChI=1S/C19H14N2O3/c1-23-16-9-5-8-14(18(16)22)12-21-19-15(11-20)10-17(24-19)13-6-3-2-4-7-13/h2-10,12,22H,1H3/b21-12+. The SMILES string of the molecule is COc1cccc(/C=N/c2oc(-c3ccccc3)cc2C#N)c1O. The van der Waals surface area contributed by atoms with Crippen molar-refractivity contribution in [2.75, 3.05) is 7.11 Å². The van der Waals surface area contributed by atoms with Crippen LogP contribution in [0.4, 0.5) is 5.88 Å². The van der Waals surface area contributed by atoms with E-state index in [-0.39, 0.29) is 11.6 Å². The fourth-order valence-electron chi connectivity index (χ4n) is 2.24. The lowest BCUT2D eigenvalue weighted by Gasteiger charge is -2.04. The molecule has 0 amide bonds. The number of furan rings is 1. The monoisotopic (exact) mass is 318 g/mol. The molecule has 3 rings (SSSR count). The van der Waals surface area contributed by atoms with Crippen LogP contribution in [0.1, 0.15) is 11.1 Å². The maximum atomic E-state index is 10.1. The van der Waals surface area contributed by atoms with Gasteiger partial charge in [0.2, 0.25) is 5.88 Å². The van der Waals surface area contributed by atoms with E-state index in [4.69, 9.17) is 9.15 Å². The molecule has 1 N–H and O–H groups in total. The lowest BCUT2D eigenvalue weighted by atomic mass is 10.1. The maximum Gasteiger partial charge on any atom is 0.237 e. The second-order valence-corrected chi connectivity index (χ2v) is 4.96. The van der Waals surface area contributed by atoms with Gasteiger partial charge in [0.05, 0.1) is 7.11 Å². The van der Waals surface area contributed by atoms with E-state index in [1.54, 1.807) is 24.3 Å². The summed E-state index contributed by atoms with van der Waals surface area (Å²) in [5.41, 5.74) is 1.66. The topological polar surface area (TPSA) is 78.8 Å². The van der Waals surface area contributed by atoms with Gasteiger partial charge in [-0.05, 0) is 12.1 Å². The average Bonchev–Trinajstić information content (AvgIpc) is 3.05. The van der Waals surface area contributed by atoms with Gasteiger partial charge in [0.15, 0.2) is 11.5 Å². The number of hydrogen-bond acceptors (Lipinski definition) is 5. The van der Waals surface area contributed by atoms with Crippen molar-refractivity contribution in [2.45, 2.75) is 0 Å². The van der Waals surface area contributed by atoms with Crippen molar-refractivity contribution in [3.05, 3.63) is 65.7 Å². The number of aliphatic imine (C=N–C) groups is 1. The van der Waals surface area contributed by atoms with Crippen LogP contribution in [-0.4, -0.2) is 18.4 Å². The molecule has 0 radical (unpaired) electrons. The number of phenols is 1. The minimum Gasteiger partial charge on any atom is -0.504 e. The summed E-state index contributed by atoms with van der Waals surface area (Å²) in [5.74, 6) is 1.09. The smallest absolute Gasteiger partial charge is 0.237 e. The zero-order valence-electron chi connectivity index (χ0n) is 12.9. The summed E-state index contributed by atoms with van der Waals surface area (Å²) in [6.45, 7) is 0. The molecule has 24 heavy (non-hydrogen) atoms. The normalized spacial score (nSPS) is 10.7. The molecule has 2 aromatic carbocycles. The molecule has 0 atom stereocenters. The Labute approximate surface area is 139 Å². The van der Waals surface area contributed by atoms with Gasteiger partial charge in [-0.1, -0.05) is 36.4 Å². The Morgan fingerprint density at radius 1 is 1.17 bits per heavy atom. The molecule has 118 valence electrons. The summed E-state index contributed by atoms with van der Waals surface area (Å²) in [6.07, 6.45) is 1.44. The van der Waals surface area contributed by atoms with E-state index in [1.807, 2.05) is 30.3 Å². The van der Waals surface area contributed by atoms with Gasteiger partial charge in [-0.25, -0.2) is 4.99 Å². The van der Waals surface area contributed by atoms with Crippen molar-refractivity contribution in [3.63, 3.8) is 0 Å². The molecule has 1 aromatic heterocycles.